The topological polar surface area (TPSA) is 49.4 Å². The van der Waals surface area contributed by atoms with Crippen molar-refractivity contribution in [3.63, 3.8) is 0 Å². The van der Waals surface area contributed by atoms with Crippen LogP contribution in [0.3, 0.4) is 0 Å². The van der Waals surface area contributed by atoms with Crippen LogP contribution >= 0.6 is 0 Å². The number of nitrogens with zero attached hydrogens (tertiary/aromatic N) is 1. The van der Waals surface area contributed by atoms with Crippen LogP contribution in [-0.2, 0) is 23.0 Å². The molecule has 0 aliphatic carbocycles. The Morgan fingerprint density at radius 2 is 2.14 bits per heavy atom. The van der Waals surface area contributed by atoms with Crippen molar-refractivity contribution in [2.45, 2.75) is 50.6 Å². The molecule has 0 radical (unpaired) electrons. The van der Waals surface area contributed by atoms with Crippen molar-refractivity contribution in [2.24, 2.45) is 5.92 Å². The van der Waals surface area contributed by atoms with Gasteiger partial charge in [-0.2, -0.15) is 4.31 Å². The van der Waals surface area contributed by atoms with Crippen LogP contribution in [0.5, 0.6) is 0 Å². The lowest BCUT2D eigenvalue weighted by Gasteiger charge is -2.29. The van der Waals surface area contributed by atoms with Crippen molar-refractivity contribution in [2.75, 3.05) is 13.1 Å². The van der Waals surface area contributed by atoms with Gasteiger partial charge in [0.1, 0.15) is 0 Å². The molecule has 21 heavy (non-hydrogen) atoms. The molecule has 116 valence electrons. The number of benzene rings is 1. The van der Waals surface area contributed by atoms with E-state index in [2.05, 4.69) is 19.2 Å². The van der Waals surface area contributed by atoms with Gasteiger partial charge in [-0.15, -0.1) is 0 Å². The summed E-state index contributed by atoms with van der Waals surface area (Å²) in [5.74, 6) is 0.364. The SMILES string of the molecule is CC(C)C1CCCN1S(=O)(=O)c1cccc2c1CCNC2. The molecule has 0 aromatic heterocycles. The van der Waals surface area contributed by atoms with Gasteiger partial charge in [0, 0.05) is 19.1 Å². The van der Waals surface area contributed by atoms with Crippen molar-refractivity contribution in [3.05, 3.63) is 29.3 Å². The van der Waals surface area contributed by atoms with Crippen LogP contribution in [0, 0.1) is 5.92 Å². The third-order valence-corrected chi connectivity index (χ3v) is 6.71. The minimum atomic E-state index is -3.37. The second-order valence-electron chi connectivity index (χ2n) is 6.39. The van der Waals surface area contributed by atoms with E-state index in [1.165, 1.54) is 0 Å². The minimum absolute atomic E-state index is 0.146. The van der Waals surface area contributed by atoms with Crippen molar-refractivity contribution in [3.8, 4) is 0 Å². The number of rotatable bonds is 3. The molecule has 2 aliphatic rings. The number of sulfonamides is 1. The Bertz CT molecular complexity index is 625. The summed E-state index contributed by atoms with van der Waals surface area (Å²) >= 11 is 0. The van der Waals surface area contributed by atoms with Crippen LogP contribution in [0.15, 0.2) is 23.1 Å². The first kappa shape index (κ1) is 15.0. The first-order chi connectivity index (χ1) is 10.0. The Morgan fingerprint density at radius 3 is 2.90 bits per heavy atom. The molecule has 1 aromatic rings. The summed E-state index contributed by atoms with van der Waals surface area (Å²) < 4.78 is 28.0. The molecule has 5 heteroatoms. The number of hydrogen-bond donors (Lipinski definition) is 1. The summed E-state index contributed by atoms with van der Waals surface area (Å²) in [6.45, 7) is 6.51. The van der Waals surface area contributed by atoms with Gasteiger partial charge in [0.15, 0.2) is 0 Å². The average Bonchev–Trinajstić information content (AvgIpc) is 2.97. The molecule has 3 rings (SSSR count). The van der Waals surface area contributed by atoms with E-state index < -0.39 is 10.0 Å². The van der Waals surface area contributed by atoms with E-state index in [-0.39, 0.29) is 6.04 Å². The smallest absolute Gasteiger partial charge is 0.243 e. The van der Waals surface area contributed by atoms with Crippen molar-refractivity contribution < 1.29 is 8.42 Å². The summed E-state index contributed by atoms with van der Waals surface area (Å²) in [6, 6.07) is 5.84. The number of hydrogen-bond acceptors (Lipinski definition) is 3. The molecule has 1 fully saturated rings. The summed E-state index contributed by atoms with van der Waals surface area (Å²) in [5.41, 5.74) is 2.15. The second-order valence-corrected chi connectivity index (χ2v) is 8.25. The predicted molar refractivity (Wildman–Crippen MR) is 83.6 cm³/mol. The van der Waals surface area contributed by atoms with Gasteiger partial charge in [0.05, 0.1) is 4.90 Å². The normalized spacial score (nSPS) is 23.5. The fourth-order valence-corrected chi connectivity index (χ4v) is 5.72. The zero-order valence-electron chi connectivity index (χ0n) is 12.8. The summed E-state index contributed by atoms with van der Waals surface area (Å²) in [7, 11) is -3.37. The fraction of sp³-hybridized carbons (Fsp3) is 0.625. The number of nitrogens with one attached hydrogen (secondary N) is 1. The highest BCUT2D eigenvalue weighted by atomic mass is 32.2. The second kappa shape index (κ2) is 5.71. The van der Waals surface area contributed by atoms with E-state index >= 15 is 0 Å². The third-order valence-electron chi connectivity index (χ3n) is 4.70. The molecule has 1 aromatic carbocycles. The molecule has 4 nitrogen and oxygen atoms in total. The molecule has 0 bridgehead atoms. The van der Waals surface area contributed by atoms with E-state index in [1.54, 1.807) is 10.4 Å². The molecular weight excluding hydrogens is 284 g/mol. The standard InChI is InChI=1S/C16H24N2O2S/c1-12(2)15-6-4-10-18(15)21(19,20)16-7-3-5-13-11-17-9-8-14(13)16/h3,5,7,12,15,17H,4,6,8-11H2,1-2H3. The monoisotopic (exact) mass is 308 g/mol. The minimum Gasteiger partial charge on any atom is -0.312 e. The number of fused-ring (bicyclic) bond motifs is 1. The predicted octanol–water partition coefficient (Wildman–Crippen LogP) is 2.14. The van der Waals surface area contributed by atoms with E-state index in [9.17, 15) is 8.42 Å². The highest BCUT2D eigenvalue weighted by molar-refractivity contribution is 7.89. The summed E-state index contributed by atoms with van der Waals surface area (Å²) in [5, 5.41) is 3.31. The Kier molecular flexibility index (Phi) is 4.08. The van der Waals surface area contributed by atoms with Gasteiger partial charge in [-0.05, 0) is 48.9 Å². The third kappa shape index (κ3) is 2.62. The van der Waals surface area contributed by atoms with Crippen LogP contribution < -0.4 is 5.32 Å². The maximum absolute atomic E-state index is 13.1. The molecule has 2 heterocycles. The van der Waals surface area contributed by atoms with Gasteiger partial charge < -0.3 is 5.32 Å². The van der Waals surface area contributed by atoms with Crippen LogP contribution in [0.4, 0.5) is 0 Å². The highest BCUT2D eigenvalue weighted by Gasteiger charge is 2.38. The molecule has 1 N–H and O–H groups in total. The molecule has 2 aliphatic heterocycles. The van der Waals surface area contributed by atoms with Gasteiger partial charge in [-0.1, -0.05) is 26.0 Å². The maximum Gasteiger partial charge on any atom is 0.243 e. The highest BCUT2D eigenvalue weighted by Crippen LogP contribution is 2.32. The van der Waals surface area contributed by atoms with Crippen LogP contribution in [0.25, 0.3) is 0 Å². The summed E-state index contributed by atoms with van der Waals surface area (Å²) in [4.78, 5) is 0.536. The van der Waals surface area contributed by atoms with Gasteiger partial charge >= 0.3 is 0 Å². The van der Waals surface area contributed by atoms with E-state index in [0.717, 1.165) is 43.5 Å². The largest absolute Gasteiger partial charge is 0.312 e. The Hall–Kier alpha value is -0.910. The van der Waals surface area contributed by atoms with Crippen molar-refractivity contribution in [1.82, 2.24) is 9.62 Å². The lowest BCUT2D eigenvalue weighted by atomic mass is 10.0. The molecular formula is C16H24N2O2S. The quantitative estimate of drug-likeness (QED) is 0.931. The van der Waals surface area contributed by atoms with Crippen LogP contribution in [-0.4, -0.2) is 31.9 Å². The lowest BCUT2D eigenvalue weighted by Crippen LogP contribution is -2.39. The van der Waals surface area contributed by atoms with Crippen LogP contribution in [0.1, 0.15) is 37.8 Å². The van der Waals surface area contributed by atoms with E-state index in [1.807, 2.05) is 12.1 Å². The zero-order valence-corrected chi connectivity index (χ0v) is 13.6. The zero-order chi connectivity index (χ0) is 15.0. The molecule has 1 atom stereocenters. The summed E-state index contributed by atoms with van der Waals surface area (Å²) in [6.07, 6.45) is 2.75. The molecule has 1 saturated heterocycles. The molecule has 0 saturated carbocycles. The Labute approximate surface area is 127 Å². The van der Waals surface area contributed by atoms with E-state index in [4.69, 9.17) is 0 Å². The van der Waals surface area contributed by atoms with Crippen LogP contribution in [0.2, 0.25) is 0 Å². The van der Waals surface area contributed by atoms with Crippen molar-refractivity contribution in [1.29, 1.82) is 0 Å². The molecule has 0 amide bonds. The molecule has 0 spiro atoms. The van der Waals surface area contributed by atoms with Gasteiger partial charge in [-0.3, -0.25) is 0 Å². The Balaban J connectivity index is 2.03. The van der Waals surface area contributed by atoms with Crippen molar-refractivity contribution >= 4 is 10.0 Å². The first-order valence-corrected chi connectivity index (χ1v) is 9.29. The lowest BCUT2D eigenvalue weighted by molar-refractivity contribution is 0.315. The molecule has 1 unspecified atom stereocenters. The Morgan fingerprint density at radius 1 is 1.33 bits per heavy atom. The average molecular weight is 308 g/mol. The van der Waals surface area contributed by atoms with Gasteiger partial charge in [0.2, 0.25) is 10.0 Å². The first-order valence-electron chi connectivity index (χ1n) is 7.85. The fourth-order valence-electron chi connectivity index (χ4n) is 3.60. The van der Waals surface area contributed by atoms with Gasteiger partial charge in [-0.25, -0.2) is 8.42 Å². The maximum atomic E-state index is 13.1. The van der Waals surface area contributed by atoms with E-state index in [0.29, 0.717) is 17.4 Å². The van der Waals surface area contributed by atoms with Gasteiger partial charge in [0.25, 0.3) is 0 Å².